The van der Waals surface area contributed by atoms with E-state index in [2.05, 4.69) is 5.32 Å². The van der Waals surface area contributed by atoms with Crippen LogP contribution in [0.1, 0.15) is 88.7 Å². The number of fused-ring (bicyclic) bond motifs is 5. The van der Waals surface area contributed by atoms with E-state index < -0.39 is 159 Å². The zero-order valence-electron chi connectivity index (χ0n) is 32.0. The van der Waals surface area contributed by atoms with Crippen molar-refractivity contribution >= 4 is 29.1 Å². The molecular weight excluding hydrogens is 770 g/mol. The van der Waals surface area contributed by atoms with E-state index in [9.17, 15) is 59.7 Å². The molecule has 2 saturated heterocycles. The summed E-state index contributed by atoms with van der Waals surface area (Å²) in [7, 11) is 3.17. The SMILES string of the molecule is COC(=O)c1c(C)cc2c(c1O)[C@]1(O)C(=O)c3cc4c(c(O)c3C(=O)[C@@]1(OC)[C@H](O)C2)C(=O)C=C(N[C@H]1O[C@@H](C)[C@H](O[C@@H]2C[C@@H](O)[C@H](O)[C@H](C)O2)[C@@H](O)[C@H]1OC)C4=O. The van der Waals surface area contributed by atoms with E-state index in [0.29, 0.717) is 0 Å². The fraction of sp³-hybridized carbons (Fsp3) is 0.513. The molecule has 0 spiro atoms. The molecule has 2 aromatic rings. The molecule has 2 aliphatic heterocycles. The van der Waals surface area contributed by atoms with E-state index in [-0.39, 0.29) is 17.5 Å². The molecule has 0 unspecified atom stereocenters. The van der Waals surface area contributed by atoms with Gasteiger partial charge in [0.05, 0.1) is 48.3 Å². The van der Waals surface area contributed by atoms with Crippen LogP contribution in [0.15, 0.2) is 23.9 Å². The molecule has 7 rings (SSSR count). The molecule has 58 heavy (non-hydrogen) atoms. The van der Waals surface area contributed by atoms with Gasteiger partial charge in [-0.05, 0) is 38.0 Å². The van der Waals surface area contributed by atoms with Gasteiger partial charge in [-0.15, -0.1) is 0 Å². The summed E-state index contributed by atoms with van der Waals surface area (Å²) in [5.74, 6) is -7.93. The molecule has 0 aromatic heterocycles. The molecule has 312 valence electrons. The number of methoxy groups -OCH3 is 3. The number of aryl methyl sites for hydroxylation is 1. The van der Waals surface area contributed by atoms with Crippen LogP contribution in [-0.4, -0.2) is 153 Å². The van der Waals surface area contributed by atoms with Crippen LogP contribution in [0.2, 0.25) is 0 Å². The summed E-state index contributed by atoms with van der Waals surface area (Å²) in [6.45, 7) is 4.51. The highest BCUT2D eigenvalue weighted by Crippen LogP contribution is 2.56. The van der Waals surface area contributed by atoms with Crippen LogP contribution in [0, 0.1) is 6.92 Å². The van der Waals surface area contributed by atoms with E-state index in [1.54, 1.807) is 0 Å². The first kappa shape index (κ1) is 41.5. The normalized spacial score (nSPS) is 35.7. The number of carbonyl (C=O) groups excluding carboxylic acids is 5. The van der Waals surface area contributed by atoms with Crippen molar-refractivity contribution in [2.45, 2.75) is 106 Å². The predicted molar refractivity (Wildman–Crippen MR) is 191 cm³/mol. The first-order valence-corrected chi connectivity index (χ1v) is 18.3. The van der Waals surface area contributed by atoms with E-state index in [1.165, 1.54) is 33.9 Å². The molecule has 0 bridgehead atoms. The standard InChI is InChI=1S/C39H43NO18/c1-12-7-15-8-21(43)39(55-6)35(50)25-17(34(49)38(39,52)26(15)30(47)23(12)37(51)54-5)9-16-24(29(25)46)19(41)10-18(28(16)45)40-36-33(53-4)31(48)32(14(3)57-36)58-22-11-20(42)27(44)13(2)56-22/h7,9-10,13-14,20-22,27,31-33,36,40,42-44,46-48,52H,8,11H2,1-6H3/t13-,14-,20+,21+,22+,27+,31+,32-,33+,36-,38-,39-/m0/s1. The van der Waals surface area contributed by atoms with Crippen molar-refractivity contribution in [2.24, 2.45) is 0 Å². The van der Waals surface area contributed by atoms with Crippen molar-refractivity contribution in [1.29, 1.82) is 0 Å². The van der Waals surface area contributed by atoms with Crippen LogP contribution in [0.5, 0.6) is 11.5 Å². The third kappa shape index (κ3) is 5.68. The Kier molecular flexibility index (Phi) is 10.4. The number of carbonyl (C=O) groups is 5. The number of esters is 1. The van der Waals surface area contributed by atoms with Crippen LogP contribution in [0.4, 0.5) is 0 Å². The zero-order valence-corrected chi connectivity index (χ0v) is 32.0. The molecule has 0 saturated carbocycles. The topological polar surface area (TPSA) is 294 Å². The fourth-order valence-electron chi connectivity index (χ4n) is 9.00. The van der Waals surface area contributed by atoms with Gasteiger partial charge >= 0.3 is 5.97 Å². The van der Waals surface area contributed by atoms with Gasteiger partial charge in [-0.1, -0.05) is 6.07 Å². The van der Waals surface area contributed by atoms with Crippen molar-refractivity contribution in [3.8, 4) is 11.5 Å². The smallest absolute Gasteiger partial charge is 0.341 e. The predicted octanol–water partition coefficient (Wildman–Crippen LogP) is -1.02. The molecule has 3 aliphatic carbocycles. The third-order valence-corrected chi connectivity index (χ3v) is 11.9. The van der Waals surface area contributed by atoms with Gasteiger partial charge in [-0.3, -0.25) is 19.2 Å². The minimum Gasteiger partial charge on any atom is -0.507 e. The Hall–Kier alpha value is -4.67. The molecule has 2 fully saturated rings. The maximum absolute atomic E-state index is 14.7. The van der Waals surface area contributed by atoms with Gasteiger partial charge in [0.15, 0.2) is 29.5 Å². The number of phenolic OH excluding ortho intramolecular Hbond substituents is 2. The van der Waals surface area contributed by atoms with Gasteiger partial charge in [-0.25, -0.2) is 4.79 Å². The summed E-state index contributed by atoms with van der Waals surface area (Å²) < 4.78 is 33.4. The van der Waals surface area contributed by atoms with Gasteiger partial charge in [0.25, 0.3) is 0 Å². The lowest BCUT2D eigenvalue weighted by molar-refractivity contribution is -0.309. The van der Waals surface area contributed by atoms with Crippen LogP contribution < -0.4 is 5.32 Å². The van der Waals surface area contributed by atoms with Crippen LogP contribution in [0.25, 0.3) is 0 Å². The quantitative estimate of drug-likeness (QED) is 0.155. The Morgan fingerprint density at radius 2 is 1.57 bits per heavy atom. The number of nitrogens with one attached hydrogen (secondary N) is 1. The lowest BCUT2D eigenvalue weighted by atomic mass is 9.56. The average Bonchev–Trinajstić information content (AvgIpc) is 3.16. The van der Waals surface area contributed by atoms with Crippen LogP contribution in [0.3, 0.4) is 0 Å². The minimum atomic E-state index is -3.27. The van der Waals surface area contributed by atoms with Crippen molar-refractivity contribution in [3.63, 3.8) is 0 Å². The summed E-state index contributed by atoms with van der Waals surface area (Å²) in [5, 5.41) is 81.4. The number of aliphatic hydroxyl groups is 5. The van der Waals surface area contributed by atoms with Crippen molar-refractivity contribution in [1.82, 2.24) is 5.32 Å². The first-order chi connectivity index (χ1) is 27.3. The summed E-state index contributed by atoms with van der Waals surface area (Å²) in [4.78, 5) is 69.9. The van der Waals surface area contributed by atoms with Gasteiger partial charge in [0, 0.05) is 49.8 Å². The molecule has 0 radical (unpaired) electrons. The number of benzene rings is 2. The Labute approximate surface area is 329 Å². The highest BCUT2D eigenvalue weighted by Gasteiger charge is 2.72. The number of aromatic hydroxyl groups is 2. The van der Waals surface area contributed by atoms with Crippen LogP contribution >= 0.6 is 0 Å². The molecule has 19 nitrogen and oxygen atoms in total. The second kappa shape index (κ2) is 14.6. The average molecular weight is 814 g/mol. The minimum absolute atomic E-state index is 0.0285. The zero-order chi connectivity index (χ0) is 42.5. The van der Waals surface area contributed by atoms with E-state index >= 15 is 0 Å². The maximum Gasteiger partial charge on any atom is 0.341 e. The highest BCUT2D eigenvalue weighted by molar-refractivity contribution is 6.31. The molecule has 19 heteroatoms. The lowest BCUT2D eigenvalue weighted by Gasteiger charge is -2.52. The Bertz CT molecular complexity index is 2160. The highest BCUT2D eigenvalue weighted by atomic mass is 16.7. The number of rotatable bonds is 7. The summed E-state index contributed by atoms with van der Waals surface area (Å²) in [5.41, 5.74) is -10.5. The largest absolute Gasteiger partial charge is 0.507 e. The number of phenols is 2. The number of hydrogen-bond donors (Lipinski definition) is 8. The summed E-state index contributed by atoms with van der Waals surface area (Å²) in [6, 6.07) is 2.13. The van der Waals surface area contributed by atoms with E-state index in [4.69, 9.17) is 28.4 Å². The number of hydrogen-bond acceptors (Lipinski definition) is 19. The van der Waals surface area contributed by atoms with Gasteiger partial charge in [0.2, 0.25) is 17.3 Å². The first-order valence-electron chi connectivity index (χ1n) is 18.3. The number of ether oxygens (including phenoxy) is 6. The van der Waals surface area contributed by atoms with Crippen molar-refractivity contribution < 1.29 is 88.1 Å². The Morgan fingerprint density at radius 3 is 2.19 bits per heavy atom. The third-order valence-electron chi connectivity index (χ3n) is 11.9. The Balaban J connectivity index is 1.25. The number of allylic oxidation sites excluding steroid dienone is 2. The number of Topliss-reactive ketones (excluding diaryl/α,β-unsaturated/α-hetero) is 3. The van der Waals surface area contributed by atoms with E-state index in [0.717, 1.165) is 26.4 Å². The molecule has 2 heterocycles. The van der Waals surface area contributed by atoms with Crippen molar-refractivity contribution in [3.05, 3.63) is 68.4 Å². The maximum atomic E-state index is 14.7. The molecular formula is C39H43NO18. The molecule has 5 aliphatic rings. The van der Waals surface area contributed by atoms with Crippen molar-refractivity contribution in [2.75, 3.05) is 21.3 Å². The molecule has 0 amide bonds. The lowest BCUT2D eigenvalue weighted by Crippen LogP contribution is -2.73. The molecule has 8 N–H and O–H groups in total. The summed E-state index contributed by atoms with van der Waals surface area (Å²) >= 11 is 0. The number of aliphatic hydroxyl groups excluding tert-OH is 4. The number of ketones is 4. The summed E-state index contributed by atoms with van der Waals surface area (Å²) in [6.07, 6.45) is -12.0. The molecule has 2 aromatic carbocycles. The Morgan fingerprint density at radius 1 is 0.879 bits per heavy atom. The van der Waals surface area contributed by atoms with Crippen LogP contribution in [-0.2, 0) is 40.4 Å². The van der Waals surface area contributed by atoms with Gasteiger partial charge < -0.3 is 69.5 Å². The second-order valence-corrected chi connectivity index (χ2v) is 15.1. The van der Waals surface area contributed by atoms with E-state index in [1.807, 2.05) is 0 Å². The fourth-order valence-corrected chi connectivity index (χ4v) is 9.00. The molecule has 12 atom stereocenters. The van der Waals surface area contributed by atoms with Gasteiger partial charge in [0.1, 0.15) is 41.5 Å². The van der Waals surface area contributed by atoms with Gasteiger partial charge in [-0.2, -0.15) is 0 Å². The monoisotopic (exact) mass is 813 g/mol. The second-order valence-electron chi connectivity index (χ2n) is 15.1.